The summed E-state index contributed by atoms with van der Waals surface area (Å²) in [6.45, 7) is 1.18. The first-order valence-corrected chi connectivity index (χ1v) is 6.03. The molecule has 0 bridgehead atoms. The molecule has 6 heteroatoms. The van der Waals surface area contributed by atoms with Gasteiger partial charge in [0, 0.05) is 26.3 Å². The predicted molar refractivity (Wildman–Crippen MR) is 65.0 cm³/mol. The van der Waals surface area contributed by atoms with Gasteiger partial charge >= 0.3 is 5.97 Å². The van der Waals surface area contributed by atoms with E-state index in [0.29, 0.717) is 18.0 Å². The van der Waals surface area contributed by atoms with Gasteiger partial charge in [0.25, 0.3) is 0 Å². The molecule has 0 amide bonds. The molecule has 0 fully saturated rings. The summed E-state index contributed by atoms with van der Waals surface area (Å²) >= 11 is 1.25. The number of hydrogen-bond acceptors (Lipinski definition) is 4. The van der Waals surface area contributed by atoms with E-state index in [1.807, 2.05) is 25.4 Å². The Balaban J connectivity index is 1.90. The van der Waals surface area contributed by atoms with Crippen LogP contribution in [0.1, 0.15) is 20.9 Å². The molecule has 0 aliphatic carbocycles. The van der Waals surface area contributed by atoms with Crippen molar-refractivity contribution in [1.82, 2.24) is 15.1 Å². The van der Waals surface area contributed by atoms with Gasteiger partial charge in [-0.25, -0.2) is 4.79 Å². The minimum Gasteiger partial charge on any atom is -0.477 e. The highest BCUT2D eigenvalue weighted by molar-refractivity contribution is 7.12. The zero-order valence-corrected chi connectivity index (χ0v) is 10.2. The third kappa shape index (κ3) is 2.92. The number of aromatic nitrogens is 2. The van der Waals surface area contributed by atoms with Crippen molar-refractivity contribution in [2.24, 2.45) is 7.05 Å². The molecule has 0 aromatic carbocycles. The molecule has 0 atom stereocenters. The average Bonchev–Trinajstić information content (AvgIpc) is 2.87. The lowest BCUT2D eigenvalue weighted by molar-refractivity contribution is 0.0701. The lowest BCUT2D eigenvalue weighted by Crippen LogP contribution is -2.14. The summed E-state index contributed by atoms with van der Waals surface area (Å²) in [7, 11) is 1.87. The highest BCUT2D eigenvalue weighted by Crippen LogP contribution is 2.16. The number of aromatic carboxylic acids is 1. The van der Waals surface area contributed by atoms with E-state index in [1.165, 1.54) is 11.3 Å². The van der Waals surface area contributed by atoms with Gasteiger partial charge in [-0.05, 0) is 23.1 Å². The van der Waals surface area contributed by atoms with Crippen molar-refractivity contribution >= 4 is 17.3 Å². The number of carboxylic acids is 1. The summed E-state index contributed by atoms with van der Waals surface area (Å²) in [5.74, 6) is -0.866. The third-order valence-corrected chi connectivity index (χ3v) is 3.28. The summed E-state index contributed by atoms with van der Waals surface area (Å²) < 4.78 is 1.74. The lowest BCUT2D eigenvalue weighted by atomic mass is 10.2. The summed E-state index contributed by atoms with van der Waals surface area (Å²) in [6, 6.07) is 3.76. The Morgan fingerprint density at radius 3 is 3.00 bits per heavy atom. The van der Waals surface area contributed by atoms with Crippen LogP contribution >= 0.6 is 11.3 Å². The monoisotopic (exact) mass is 251 g/mol. The molecular formula is C11H13N3O2S. The van der Waals surface area contributed by atoms with Crippen molar-refractivity contribution in [3.05, 3.63) is 39.8 Å². The lowest BCUT2D eigenvalue weighted by Gasteiger charge is -2.02. The molecule has 0 unspecified atom stereocenters. The molecule has 90 valence electrons. The second-order valence-corrected chi connectivity index (χ2v) is 4.58. The number of carboxylic acid groups (broad SMARTS) is 1. The van der Waals surface area contributed by atoms with E-state index in [1.54, 1.807) is 10.1 Å². The van der Waals surface area contributed by atoms with E-state index in [2.05, 4.69) is 10.4 Å². The van der Waals surface area contributed by atoms with Crippen LogP contribution in [-0.4, -0.2) is 20.9 Å². The molecule has 0 spiro atoms. The normalized spacial score (nSPS) is 10.6. The number of aryl methyl sites for hydroxylation is 1. The van der Waals surface area contributed by atoms with Crippen molar-refractivity contribution in [1.29, 1.82) is 0 Å². The fourth-order valence-electron chi connectivity index (χ4n) is 1.55. The summed E-state index contributed by atoms with van der Waals surface area (Å²) in [6.07, 6.45) is 1.88. The molecule has 0 radical (unpaired) electrons. The highest BCUT2D eigenvalue weighted by atomic mass is 32.1. The first-order chi connectivity index (χ1) is 8.16. The van der Waals surface area contributed by atoms with Crippen LogP contribution in [-0.2, 0) is 20.1 Å². The quantitative estimate of drug-likeness (QED) is 0.844. The summed E-state index contributed by atoms with van der Waals surface area (Å²) in [4.78, 5) is 11.3. The number of carbonyl (C=O) groups is 1. The molecule has 2 aromatic heterocycles. The summed E-state index contributed by atoms with van der Waals surface area (Å²) in [5, 5.41) is 18.1. The number of nitrogens with zero attached hydrogens (tertiary/aromatic N) is 2. The molecule has 0 saturated carbocycles. The molecular weight excluding hydrogens is 238 g/mol. The maximum atomic E-state index is 10.9. The fraction of sp³-hybridized carbons (Fsp3) is 0.273. The number of nitrogens with one attached hydrogen (secondary N) is 1. The second kappa shape index (κ2) is 5.11. The van der Waals surface area contributed by atoms with E-state index in [4.69, 9.17) is 5.11 Å². The minimum absolute atomic E-state index is 0.401. The van der Waals surface area contributed by atoms with Gasteiger partial charge in [0.05, 0.1) is 5.69 Å². The van der Waals surface area contributed by atoms with E-state index in [9.17, 15) is 4.79 Å². The molecule has 17 heavy (non-hydrogen) atoms. The molecule has 0 saturated heterocycles. The highest BCUT2D eigenvalue weighted by Gasteiger charge is 2.10. The van der Waals surface area contributed by atoms with Gasteiger partial charge in [-0.2, -0.15) is 5.10 Å². The standard InChI is InChI=1S/C11H13N3O2S/c1-14-4-2-9(13-14)7-12-6-8-3-5-17-10(8)11(15)16/h2-5,12H,6-7H2,1H3,(H,15,16). The zero-order chi connectivity index (χ0) is 12.3. The first-order valence-electron chi connectivity index (χ1n) is 5.15. The van der Waals surface area contributed by atoms with Gasteiger partial charge in [0.2, 0.25) is 0 Å². The van der Waals surface area contributed by atoms with Gasteiger partial charge < -0.3 is 10.4 Å². The Labute approximate surface area is 103 Å². The topological polar surface area (TPSA) is 67.2 Å². The molecule has 2 heterocycles. The van der Waals surface area contributed by atoms with E-state index < -0.39 is 5.97 Å². The van der Waals surface area contributed by atoms with Crippen LogP contribution in [0.4, 0.5) is 0 Å². The van der Waals surface area contributed by atoms with Gasteiger partial charge in [-0.15, -0.1) is 11.3 Å². The number of rotatable bonds is 5. The Bertz CT molecular complexity index is 518. The number of thiophene rings is 1. The van der Waals surface area contributed by atoms with Crippen LogP contribution in [0.2, 0.25) is 0 Å². The molecule has 0 aliphatic heterocycles. The largest absolute Gasteiger partial charge is 0.477 e. The van der Waals surface area contributed by atoms with Crippen LogP contribution in [0.3, 0.4) is 0 Å². The average molecular weight is 251 g/mol. The van der Waals surface area contributed by atoms with E-state index in [-0.39, 0.29) is 0 Å². The van der Waals surface area contributed by atoms with Crippen molar-refractivity contribution in [3.8, 4) is 0 Å². The Morgan fingerprint density at radius 1 is 1.53 bits per heavy atom. The Hall–Kier alpha value is -1.66. The van der Waals surface area contributed by atoms with Gasteiger partial charge in [-0.3, -0.25) is 4.68 Å². The molecule has 2 aromatic rings. The van der Waals surface area contributed by atoms with Crippen LogP contribution in [0.5, 0.6) is 0 Å². The van der Waals surface area contributed by atoms with Gasteiger partial charge in [-0.1, -0.05) is 0 Å². The Kier molecular flexibility index (Phi) is 3.55. The van der Waals surface area contributed by atoms with Crippen molar-refractivity contribution in [2.45, 2.75) is 13.1 Å². The van der Waals surface area contributed by atoms with Crippen molar-refractivity contribution < 1.29 is 9.90 Å². The van der Waals surface area contributed by atoms with Crippen LogP contribution < -0.4 is 5.32 Å². The Morgan fingerprint density at radius 2 is 2.35 bits per heavy atom. The van der Waals surface area contributed by atoms with Gasteiger partial charge in [0.15, 0.2) is 0 Å². The molecule has 2 N–H and O–H groups in total. The molecule has 2 rings (SSSR count). The SMILES string of the molecule is Cn1ccc(CNCc2ccsc2C(=O)O)n1. The smallest absolute Gasteiger partial charge is 0.346 e. The molecule has 0 aliphatic rings. The number of hydrogen-bond donors (Lipinski definition) is 2. The van der Waals surface area contributed by atoms with Crippen molar-refractivity contribution in [3.63, 3.8) is 0 Å². The fourth-order valence-corrected chi connectivity index (χ4v) is 2.31. The van der Waals surface area contributed by atoms with Gasteiger partial charge in [0.1, 0.15) is 4.88 Å². The maximum absolute atomic E-state index is 10.9. The van der Waals surface area contributed by atoms with Crippen LogP contribution in [0.25, 0.3) is 0 Å². The second-order valence-electron chi connectivity index (χ2n) is 3.66. The van der Waals surface area contributed by atoms with Crippen LogP contribution in [0, 0.1) is 0 Å². The van der Waals surface area contributed by atoms with E-state index >= 15 is 0 Å². The zero-order valence-electron chi connectivity index (χ0n) is 9.38. The predicted octanol–water partition coefficient (Wildman–Crippen LogP) is 1.47. The maximum Gasteiger partial charge on any atom is 0.346 e. The van der Waals surface area contributed by atoms with Crippen LogP contribution in [0.15, 0.2) is 23.7 Å². The minimum atomic E-state index is -0.866. The summed E-state index contributed by atoms with van der Waals surface area (Å²) in [5.41, 5.74) is 1.76. The molecule has 5 nitrogen and oxygen atoms in total. The first kappa shape index (κ1) is 11.8. The van der Waals surface area contributed by atoms with Crippen molar-refractivity contribution in [2.75, 3.05) is 0 Å². The third-order valence-electron chi connectivity index (χ3n) is 2.33. The van der Waals surface area contributed by atoms with E-state index in [0.717, 1.165) is 11.3 Å².